The molecule has 4 heteroatoms. The highest BCUT2D eigenvalue weighted by molar-refractivity contribution is 7.98. The van der Waals surface area contributed by atoms with E-state index in [1.165, 1.54) is 17.8 Å². The van der Waals surface area contributed by atoms with Crippen LogP contribution in [0, 0.1) is 5.82 Å². The first-order valence-corrected chi connectivity index (χ1v) is 6.90. The van der Waals surface area contributed by atoms with Crippen LogP contribution in [0.25, 0.3) is 0 Å². The lowest BCUT2D eigenvalue weighted by atomic mass is 9.79. The molecule has 0 radical (unpaired) electrons. The van der Waals surface area contributed by atoms with Gasteiger partial charge in [-0.2, -0.15) is 0 Å². The summed E-state index contributed by atoms with van der Waals surface area (Å²) in [5.41, 5.74) is -0.651. The Balaban J connectivity index is 2.47. The number of hydrogen-bond donors (Lipinski definition) is 1. The van der Waals surface area contributed by atoms with Gasteiger partial charge in [0.15, 0.2) is 0 Å². The Kier molecular flexibility index (Phi) is 3.43. The van der Waals surface area contributed by atoms with Crippen LogP contribution in [0.1, 0.15) is 31.2 Å². The molecule has 1 aromatic carbocycles. The van der Waals surface area contributed by atoms with Gasteiger partial charge in [0.1, 0.15) is 5.82 Å². The smallest absolute Gasteiger partial charge is 0.314 e. The van der Waals surface area contributed by atoms with Crippen LogP contribution in [0.2, 0.25) is 0 Å². The number of benzene rings is 1. The van der Waals surface area contributed by atoms with Gasteiger partial charge < -0.3 is 5.11 Å². The summed E-state index contributed by atoms with van der Waals surface area (Å²) < 4.78 is 14.0. The second-order valence-electron chi connectivity index (χ2n) is 4.44. The van der Waals surface area contributed by atoms with E-state index < -0.39 is 11.4 Å². The van der Waals surface area contributed by atoms with Gasteiger partial charge >= 0.3 is 5.97 Å². The Morgan fingerprint density at radius 3 is 2.53 bits per heavy atom. The molecule has 0 heterocycles. The monoisotopic (exact) mass is 254 g/mol. The summed E-state index contributed by atoms with van der Waals surface area (Å²) in [6.45, 7) is 0. The number of thioether (sulfide) groups is 1. The van der Waals surface area contributed by atoms with E-state index in [-0.39, 0.29) is 5.82 Å². The first kappa shape index (κ1) is 12.4. The molecule has 17 heavy (non-hydrogen) atoms. The third kappa shape index (κ3) is 2.06. The number of rotatable bonds is 3. The van der Waals surface area contributed by atoms with Gasteiger partial charge in [-0.05, 0) is 31.2 Å². The Labute approximate surface area is 104 Å². The van der Waals surface area contributed by atoms with E-state index in [2.05, 4.69) is 0 Å². The van der Waals surface area contributed by atoms with E-state index in [0.717, 1.165) is 17.7 Å². The molecule has 2 nitrogen and oxygen atoms in total. The van der Waals surface area contributed by atoms with E-state index in [9.17, 15) is 14.3 Å². The quantitative estimate of drug-likeness (QED) is 0.839. The molecule has 0 amide bonds. The fourth-order valence-corrected chi connectivity index (χ4v) is 3.01. The summed E-state index contributed by atoms with van der Waals surface area (Å²) >= 11 is 1.45. The standard InChI is InChI=1S/C13H15FO2S/c1-17-9-4-5-10(11(14)8-9)13(12(15)16)6-2-3-7-13/h4-5,8H,2-3,6-7H2,1H3,(H,15,16). The van der Waals surface area contributed by atoms with Crippen molar-refractivity contribution in [2.24, 2.45) is 0 Å². The van der Waals surface area contributed by atoms with E-state index >= 15 is 0 Å². The maximum Gasteiger partial charge on any atom is 0.314 e. The molecular formula is C13H15FO2S. The lowest BCUT2D eigenvalue weighted by Crippen LogP contribution is -2.33. The third-order valence-electron chi connectivity index (χ3n) is 3.56. The zero-order chi connectivity index (χ0) is 12.5. The number of halogens is 1. The molecule has 0 atom stereocenters. The van der Waals surface area contributed by atoms with Crippen LogP contribution in [0.4, 0.5) is 4.39 Å². The van der Waals surface area contributed by atoms with Crippen molar-refractivity contribution in [1.29, 1.82) is 0 Å². The van der Waals surface area contributed by atoms with Gasteiger partial charge in [-0.3, -0.25) is 4.79 Å². The minimum atomic E-state index is -0.999. The zero-order valence-corrected chi connectivity index (χ0v) is 10.5. The molecule has 0 saturated heterocycles. The highest BCUT2D eigenvalue weighted by atomic mass is 32.2. The molecule has 0 unspecified atom stereocenters. The van der Waals surface area contributed by atoms with Gasteiger partial charge in [0.25, 0.3) is 0 Å². The Hall–Kier alpha value is -1.03. The summed E-state index contributed by atoms with van der Waals surface area (Å²) in [4.78, 5) is 12.3. The van der Waals surface area contributed by atoms with Crippen molar-refractivity contribution in [2.45, 2.75) is 36.0 Å². The summed E-state index contributed by atoms with van der Waals surface area (Å²) in [5, 5.41) is 9.40. The van der Waals surface area contributed by atoms with Crippen LogP contribution in [0.3, 0.4) is 0 Å². The van der Waals surface area contributed by atoms with Gasteiger partial charge in [-0.15, -0.1) is 11.8 Å². The van der Waals surface area contributed by atoms with Crippen molar-refractivity contribution < 1.29 is 14.3 Å². The van der Waals surface area contributed by atoms with Crippen LogP contribution in [-0.2, 0) is 10.2 Å². The summed E-state index contributed by atoms with van der Waals surface area (Å²) in [5.74, 6) is -1.29. The first-order valence-electron chi connectivity index (χ1n) is 5.67. The maximum atomic E-state index is 14.0. The molecule has 1 aliphatic rings. The van der Waals surface area contributed by atoms with Crippen LogP contribution < -0.4 is 0 Å². The van der Waals surface area contributed by atoms with Crippen LogP contribution in [0.5, 0.6) is 0 Å². The summed E-state index contributed by atoms with van der Waals surface area (Å²) in [6.07, 6.45) is 4.67. The molecule has 0 aromatic heterocycles. The molecule has 1 N–H and O–H groups in total. The van der Waals surface area contributed by atoms with Gasteiger partial charge in [-0.25, -0.2) is 4.39 Å². The minimum Gasteiger partial charge on any atom is -0.481 e. The predicted octanol–water partition coefficient (Wildman–Crippen LogP) is 3.44. The largest absolute Gasteiger partial charge is 0.481 e. The lowest BCUT2D eigenvalue weighted by Gasteiger charge is -2.25. The van der Waals surface area contributed by atoms with Crippen molar-refractivity contribution in [3.05, 3.63) is 29.6 Å². The Morgan fingerprint density at radius 1 is 1.41 bits per heavy atom. The minimum absolute atomic E-state index is 0.348. The lowest BCUT2D eigenvalue weighted by molar-refractivity contribution is -0.143. The molecule has 1 fully saturated rings. The molecule has 1 saturated carbocycles. The third-order valence-corrected chi connectivity index (χ3v) is 4.28. The van der Waals surface area contributed by atoms with Crippen molar-refractivity contribution in [3.8, 4) is 0 Å². The Morgan fingerprint density at radius 2 is 2.06 bits per heavy atom. The van der Waals surface area contributed by atoms with Crippen LogP contribution in [0.15, 0.2) is 23.1 Å². The molecule has 0 spiro atoms. The van der Waals surface area contributed by atoms with Gasteiger partial charge in [0.2, 0.25) is 0 Å². The number of carboxylic acid groups (broad SMARTS) is 1. The molecule has 92 valence electrons. The molecule has 2 rings (SSSR count). The van der Waals surface area contributed by atoms with E-state index in [1.807, 2.05) is 6.26 Å². The average molecular weight is 254 g/mol. The maximum absolute atomic E-state index is 14.0. The number of aliphatic carboxylic acids is 1. The molecule has 1 aliphatic carbocycles. The van der Waals surface area contributed by atoms with Crippen molar-refractivity contribution >= 4 is 17.7 Å². The molecule has 0 aliphatic heterocycles. The SMILES string of the molecule is CSc1ccc(C2(C(=O)O)CCCC2)c(F)c1. The average Bonchev–Trinajstić information content (AvgIpc) is 2.79. The normalized spacial score (nSPS) is 18.2. The fourth-order valence-electron chi connectivity index (χ4n) is 2.59. The number of hydrogen-bond acceptors (Lipinski definition) is 2. The molecular weight excluding hydrogens is 239 g/mol. The van der Waals surface area contributed by atoms with Gasteiger partial charge in [-0.1, -0.05) is 18.9 Å². The number of carbonyl (C=O) groups is 1. The highest BCUT2D eigenvalue weighted by Gasteiger charge is 2.44. The van der Waals surface area contributed by atoms with E-state index in [1.54, 1.807) is 12.1 Å². The fraction of sp³-hybridized carbons (Fsp3) is 0.462. The van der Waals surface area contributed by atoms with E-state index in [4.69, 9.17) is 0 Å². The first-order chi connectivity index (χ1) is 8.10. The summed E-state index contributed by atoms with van der Waals surface area (Å²) in [7, 11) is 0. The van der Waals surface area contributed by atoms with Gasteiger partial charge in [0, 0.05) is 10.5 Å². The second kappa shape index (κ2) is 4.69. The number of carboxylic acids is 1. The molecule has 0 bridgehead atoms. The van der Waals surface area contributed by atoms with E-state index in [0.29, 0.717) is 18.4 Å². The van der Waals surface area contributed by atoms with Crippen LogP contribution in [-0.4, -0.2) is 17.3 Å². The van der Waals surface area contributed by atoms with Crippen molar-refractivity contribution in [2.75, 3.05) is 6.26 Å². The predicted molar refractivity (Wildman–Crippen MR) is 66.0 cm³/mol. The van der Waals surface area contributed by atoms with Crippen molar-refractivity contribution in [1.82, 2.24) is 0 Å². The topological polar surface area (TPSA) is 37.3 Å². The molecule has 1 aromatic rings. The van der Waals surface area contributed by atoms with Gasteiger partial charge in [0.05, 0.1) is 5.41 Å². The summed E-state index contributed by atoms with van der Waals surface area (Å²) in [6, 6.07) is 4.87. The second-order valence-corrected chi connectivity index (χ2v) is 5.32. The zero-order valence-electron chi connectivity index (χ0n) is 9.70. The van der Waals surface area contributed by atoms with Crippen LogP contribution >= 0.6 is 11.8 Å². The Bertz CT molecular complexity index is 439. The highest BCUT2D eigenvalue weighted by Crippen LogP contribution is 2.42. The van der Waals surface area contributed by atoms with Crippen molar-refractivity contribution in [3.63, 3.8) is 0 Å².